The number of nitrogens with two attached hydrogens (primary N) is 1. The second-order valence-electron chi connectivity index (χ2n) is 4.26. The highest BCUT2D eigenvalue weighted by atomic mass is 16.3. The van der Waals surface area contributed by atoms with E-state index in [-0.39, 0.29) is 5.91 Å². The van der Waals surface area contributed by atoms with Gasteiger partial charge < -0.3 is 15.5 Å². The molecule has 100 valence electrons. The summed E-state index contributed by atoms with van der Waals surface area (Å²) in [6.07, 6.45) is 1.01. The minimum atomic E-state index is -0.234. The lowest BCUT2D eigenvalue weighted by molar-refractivity contribution is 0.0928. The van der Waals surface area contributed by atoms with E-state index in [9.17, 15) is 4.79 Å². The zero-order chi connectivity index (χ0) is 13.7. The minimum Gasteiger partial charge on any atom is -0.451 e. The fourth-order valence-corrected chi connectivity index (χ4v) is 1.79. The first-order valence-electron chi connectivity index (χ1n) is 6.42. The smallest absolute Gasteiger partial charge is 0.287 e. The predicted octanol–water partition coefficient (Wildman–Crippen LogP) is 2.20. The molecule has 2 rings (SSSR count). The summed E-state index contributed by atoms with van der Waals surface area (Å²) in [5.41, 5.74) is 7.58. The summed E-state index contributed by atoms with van der Waals surface area (Å²) in [5.74, 6) is 0.769. The molecule has 0 saturated heterocycles. The van der Waals surface area contributed by atoms with Crippen LogP contribution in [0.15, 0.2) is 40.8 Å². The van der Waals surface area contributed by atoms with Gasteiger partial charge in [0.25, 0.3) is 5.91 Å². The molecule has 2 aromatic rings. The fourth-order valence-electron chi connectivity index (χ4n) is 1.79. The van der Waals surface area contributed by atoms with Crippen LogP contribution in [-0.4, -0.2) is 19.0 Å². The van der Waals surface area contributed by atoms with Gasteiger partial charge in [0.2, 0.25) is 0 Å². The first kappa shape index (κ1) is 13.4. The molecule has 0 aliphatic heterocycles. The molecular formula is C15H18N2O2. The predicted molar refractivity (Wildman–Crippen MR) is 74.9 cm³/mol. The number of furan rings is 1. The van der Waals surface area contributed by atoms with Gasteiger partial charge in [0.1, 0.15) is 5.76 Å². The van der Waals surface area contributed by atoms with Gasteiger partial charge in [-0.2, -0.15) is 0 Å². The van der Waals surface area contributed by atoms with E-state index in [1.165, 1.54) is 5.56 Å². The van der Waals surface area contributed by atoms with Crippen LogP contribution in [0.5, 0.6) is 0 Å². The molecule has 4 nitrogen and oxygen atoms in total. The molecule has 1 heterocycles. The van der Waals surface area contributed by atoms with Crippen LogP contribution in [0.2, 0.25) is 0 Å². The minimum absolute atomic E-state index is 0.234. The van der Waals surface area contributed by atoms with Crippen molar-refractivity contribution in [2.75, 3.05) is 13.1 Å². The third kappa shape index (κ3) is 3.23. The second kappa shape index (κ2) is 6.20. The van der Waals surface area contributed by atoms with E-state index < -0.39 is 0 Å². The van der Waals surface area contributed by atoms with Gasteiger partial charge in [-0.1, -0.05) is 31.2 Å². The van der Waals surface area contributed by atoms with Crippen molar-refractivity contribution in [3.8, 4) is 11.3 Å². The van der Waals surface area contributed by atoms with E-state index in [0.29, 0.717) is 24.6 Å². The Morgan fingerprint density at radius 1 is 1.21 bits per heavy atom. The van der Waals surface area contributed by atoms with Crippen LogP contribution >= 0.6 is 0 Å². The maximum Gasteiger partial charge on any atom is 0.287 e. The molecule has 1 aromatic carbocycles. The highest BCUT2D eigenvalue weighted by Gasteiger charge is 2.11. The normalized spacial score (nSPS) is 10.4. The third-order valence-corrected chi connectivity index (χ3v) is 2.91. The van der Waals surface area contributed by atoms with Gasteiger partial charge in [-0.3, -0.25) is 4.79 Å². The topological polar surface area (TPSA) is 68.3 Å². The highest BCUT2D eigenvalue weighted by Crippen LogP contribution is 2.22. The average molecular weight is 258 g/mol. The Hall–Kier alpha value is -2.07. The summed E-state index contributed by atoms with van der Waals surface area (Å²) >= 11 is 0. The van der Waals surface area contributed by atoms with Crippen molar-refractivity contribution in [2.24, 2.45) is 5.73 Å². The van der Waals surface area contributed by atoms with Gasteiger partial charge in [-0.15, -0.1) is 0 Å². The zero-order valence-corrected chi connectivity index (χ0v) is 11.0. The number of aryl methyl sites for hydroxylation is 1. The Kier molecular flexibility index (Phi) is 4.36. The quantitative estimate of drug-likeness (QED) is 0.863. The molecule has 0 atom stereocenters. The van der Waals surface area contributed by atoms with E-state index >= 15 is 0 Å². The molecule has 3 N–H and O–H groups in total. The van der Waals surface area contributed by atoms with Crippen LogP contribution in [0.4, 0.5) is 0 Å². The molecule has 1 aromatic heterocycles. The number of rotatable bonds is 5. The standard InChI is InChI=1S/C15H18N2O2/c1-2-11-3-5-12(6-4-11)13-7-8-14(19-13)15(18)17-10-9-16/h3-8H,2,9-10,16H2,1H3,(H,17,18). The van der Waals surface area contributed by atoms with Gasteiger partial charge >= 0.3 is 0 Å². The molecule has 4 heteroatoms. The number of nitrogens with one attached hydrogen (secondary N) is 1. The summed E-state index contributed by atoms with van der Waals surface area (Å²) in [7, 11) is 0. The third-order valence-electron chi connectivity index (χ3n) is 2.91. The number of hydrogen-bond donors (Lipinski definition) is 2. The molecule has 0 spiro atoms. The van der Waals surface area contributed by atoms with Gasteiger partial charge in [0.05, 0.1) is 0 Å². The maximum absolute atomic E-state index is 11.7. The molecule has 0 radical (unpaired) electrons. The van der Waals surface area contributed by atoms with Crippen LogP contribution < -0.4 is 11.1 Å². The van der Waals surface area contributed by atoms with E-state index in [0.717, 1.165) is 12.0 Å². The maximum atomic E-state index is 11.7. The SMILES string of the molecule is CCc1ccc(-c2ccc(C(=O)NCCN)o2)cc1. The average Bonchev–Trinajstić information content (AvgIpc) is 2.94. The lowest BCUT2D eigenvalue weighted by Gasteiger charge is -2.01. The molecule has 0 unspecified atom stereocenters. The summed E-state index contributed by atoms with van der Waals surface area (Å²) in [6.45, 7) is 2.97. The number of carbonyl (C=O) groups is 1. The van der Waals surface area contributed by atoms with Crippen molar-refractivity contribution in [1.82, 2.24) is 5.32 Å². The molecule has 0 saturated carbocycles. The fraction of sp³-hybridized carbons (Fsp3) is 0.267. The van der Waals surface area contributed by atoms with Crippen LogP contribution in [-0.2, 0) is 6.42 Å². The number of carbonyl (C=O) groups excluding carboxylic acids is 1. The monoisotopic (exact) mass is 258 g/mol. The Morgan fingerprint density at radius 3 is 2.58 bits per heavy atom. The molecule has 0 aliphatic rings. The molecule has 0 aliphatic carbocycles. The van der Waals surface area contributed by atoms with E-state index in [4.69, 9.17) is 10.2 Å². The first-order valence-corrected chi connectivity index (χ1v) is 6.42. The summed E-state index contributed by atoms with van der Waals surface area (Å²) in [4.78, 5) is 11.7. The molecule has 0 fully saturated rings. The summed E-state index contributed by atoms with van der Waals surface area (Å²) in [5, 5.41) is 2.67. The summed E-state index contributed by atoms with van der Waals surface area (Å²) < 4.78 is 5.55. The Labute approximate surface area is 112 Å². The van der Waals surface area contributed by atoms with Crippen LogP contribution in [0.3, 0.4) is 0 Å². The zero-order valence-electron chi connectivity index (χ0n) is 11.0. The van der Waals surface area contributed by atoms with Crippen molar-refractivity contribution in [3.05, 3.63) is 47.7 Å². The Morgan fingerprint density at radius 2 is 1.95 bits per heavy atom. The largest absolute Gasteiger partial charge is 0.451 e. The highest BCUT2D eigenvalue weighted by molar-refractivity contribution is 5.92. The van der Waals surface area contributed by atoms with Gasteiger partial charge in [-0.25, -0.2) is 0 Å². The number of benzene rings is 1. The van der Waals surface area contributed by atoms with Crippen LogP contribution in [0, 0.1) is 0 Å². The van der Waals surface area contributed by atoms with Crippen molar-refractivity contribution in [2.45, 2.75) is 13.3 Å². The Bertz CT molecular complexity index is 544. The van der Waals surface area contributed by atoms with E-state index in [1.807, 2.05) is 12.1 Å². The second-order valence-corrected chi connectivity index (χ2v) is 4.26. The summed E-state index contributed by atoms with van der Waals surface area (Å²) in [6, 6.07) is 11.6. The lowest BCUT2D eigenvalue weighted by Crippen LogP contribution is -2.28. The number of hydrogen-bond acceptors (Lipinski definition) is 3. The molecule has 19 heavy (non-hydrogen) atoms. The first-order chi connectivity index (χ1) is 9.24. The molecule has 0 bridgehead atoms. The van der Waals surface area contributed by atoms with Gasteiger partial charge in [0.15, 0.2) is 5.76 Å². The van der Waals surface area contributed by atoms with Crippen LogP contribution in [0.1, 0.15) is 23.0 Å². The van der Waals surface area contributed by atoms with Crippen molar-refractivity contribution >= 4 is 5.91 Å². The van der Waals surface area contributed by atoms with Crippen molar-refractivity contribution < 1.29 is 9.21 Å². The van der Waals surface area contributed by atoms with E-state index in [1.54, 1.807) is 12.1 Å². The van der Waals surface area contributed by atoms with Crippen LogP contribution in [0.25, 0.3) is 11.3 Å². The molecular weight excluding hydrogens is 240 g/mol. The van der Waals surface area contributed by atoms with Crippen molar-refractivity contribution in [3.63, 3.8) is 0 Å². The van der Waals surface area contributed by atoms with Gasteiger partial charge in [0, 0.05) is 18.7 Å². The van der Waals surface area contributed by atoms with Gasteiger partial charge in [-0.05, 0) is 24.1 Å². The molecule has 1 amide bonds. The Balaban J connectivity index is 2.13. The van der Waals surface area contributed by atoms with E-state index in [2.05, 4.69) is 24.4 Å². The van der Waals surface area contributed by atoms with Crippen molar-refractivity contribution in [1.29, 1.82) is 0 Å². The number of amides is 1. The lowest BCUT2D eigenvalue weighted by atomic mass is 10.1.